The summed E-state index contributed by atoms with van der Waals surface area (Å²) >= 11 is 0. The number of hydrogen-bond donors (Lipinski definition) is 2. The lowest BCUT2D eigenvalue weighted by molar-refractivity contribution is -0.115. The molecule has 0 aliphatic heterocycles. The van der Waals surface area contributed by atoms with Crippen LogP contribution in [0.15, 0.2) is 28.8 Å². The Labute approximate surface area is 139 Å². The molecule has 3 rings (SSSR count). The van der Waals surface area contributed by atoms with E-state index in [1.807, 2.05) is 27.7 Å². The van der Waals surface area contributed by atoms with Crippen molar-refractivity contribution in [3.63, 3.8) is 0 Å². The third kappa shape index (κ3) is 3.18. The van der Waals surface area contributed by atoms with Crippen LogP contribution >= 0.6 is 0 Å². The van der Waals surface area contributed by atoms with E-state index >= 15 is 0 Å². The minimum absolute atomic E-state index is 0.132. The van der Waals surface area contributed by atoms with Crippen LogP contribution in [0.3, 0.4) is 0 Å². The molecule has 0 aliphatic rings. The van der Waals surface area contributed by atoms with E-state index in [1.165, 1.54) is 12.1 Å². The summed E-state index contributed by atoms with van der Waals surface area (Å²) in [6, 6.07) is 6.23. The van der Waals surface area contributed by atoms with Gasteiger partial charge in [0.2, 0.25) is 5.91 Å². The highest BCUT2D eigenvalue weighted by Gasteiger charge is 2.21. The second-order valence-electron chi connectivity index (χ2n) is 6.97. The van der Waals surface area contributed by atoms with Crippen molar-refractivity contribution in [2.24, 2.45) is 0 Å². The fourth-order valence-electron chi connectivity index (χ4n) is 2.62. The van der Waals surface area contributed by atoms with E-state index in [1.54, 1.807) is 12.1 Å². The summed E-state index contributed by atoms with van der Waals surface area (Å²) in [7, 11) is 0. The number of rotatable bonds is 3. The van der Waals surface area contributed by atoms with E-state index < -0.39 is 0 Å². The lowest BCUT2D eigenvalue weighted by Crippen LogP contribution is -2.15. The zero-order chi connectivity index (χ0) is 17.5. The second kappa shape index (κ2) is 5.78. The van der Waals surface area contributed by atoms with Crippen molar-refractivity contribution in [1.82, 2.24) is 10.1 Å². The minimum atomic E-state index is -0.325. The molecule has 0 atom stereocenters. The number of carbonyl (C=O) groups excluding carboxylic acids is 1. The topological polar surface area (TPSA) is 70.9 Å². The molecule has 0 saturated carbocycles. The number of nitrogens with one attached hydrogen (secondary N) is 2. The van der Waals surface area contributed by atoms with Crippen LogP contribution in [0.2, 0.25) is 0 Å². The fraction of sp³-hybridized carbons (Fsp3) is 0.333. The van der Waals surface area contributed by atoms with E-state index in [9.17, 15) is 9.18 Å². The summed E-state index contributed by atoms with van der Waals surface area (Å²) in [4.78, 5) is 15.5. The lowest BCUT2D eigenvalue weighted by Gasteiger charge is -2.12. The van der Waals surface area contributed by atoms with Crippen LogP contribution in [-0.2, 0) is 16.6 Å². The van der Waals surface area contributed by atoms with Crippen LogP contribution in [0.4, 0.5) is 10.2 Å². The molecule has 0 saturated heterocycles. The number of benzene rings is 1. The van der Waals surface area contributed by atoms with Crippen molar-refractivity contribution in [2.45, 2.75) is 39.5 Å². The molecule has 2 N–H and O–H groups in total. The first kappa shape index (κ1) is 16.2. The van der Waals surface area contributed by atoms with E-state index in [0.717, 1.165) is 22.2 Å². The number of amides is 1. The largest absolute Gasteiger partial charge is 0.359 e. The summed E-state index contributed by atoms with van der Waals surface area (Å²) < 4.78 is 18.7. The van der Waals surface area contributed by atoms with E-state index in [4.69, 9.17) is 4.52 Å². The zero-order valence-corrected chi connectivity index (χ0v) is 14.2. The Morgan fingerprint density at radius 3 is 2.75 bits per heavy atom. The predicted octanol–water partition coefficient (Wildman–Crippen LogP) is 4.08. The lowest BCUT2D eigenvalue weighted by atomic mass is 9.93. The molecular weight excluding hydrogens is 309 g/mol. The van der Waals surface area contributed by atoms with Gasteiger partial charge in [0, 0.05) is 28.1 Å². The molecule has 5 nitrogen and oxygen atoms in total. The van der Waals surface area contributed by atoms with Gasteiger partial charge in [-0.05, 0) is 30.7 Å². The maximum Gasteiger partial charge on any atom is 0.230 e. The first-order chi connectivity index (χ1) is 11.2. The monoisotopic (exact) mass is 329 g/mol. The second-order valence-corrected chi connectivity index (χ2v) is 6.97. The Morgan fingerprint density at radius 2 is 2.08 bits per heavy atom. The average molecular weight is 329 g/mol. The summed E-state index contributed by atoms with van der Waals surface area (Å²) in [5.41, 5.74) is 2.26. The molecule has 0 spiro atoms. The number of nitrogens with zero attached hydrogens (tertiary/aromatic N) is 1. The Kier molecular flexibility index (Phi) is 3.91. The molecule has 0 aliphatic carbocycles. The van der Waals surface area contributed by atoms with Crippen LogP contribution in [0.5, 0.6) is 0 Å². The smallest absolute Gasteiger partial charge is 0.230 e. The molecule has 0 radical (unpaired) electrons. The van der Waals surface area contributed by atoms with Crippen molar-refractivity contribution < 1.29 is 13.7 Å². The average Bonchev–Trinajstić information content (AvgIpc) is 3.05. The van der Waals surface area contributed by atoms with Gasteiger partial charge in [-0.2, -0.15) is 0 Å². The van der Waals surface area contributed by atoms with Gasteiger partial charge in [0.25, 0.3) is 0 Å². The van der Waals surface area contributed by atoms with Gasteiger partial charge < -0.3 is 14.8 Å². The molecule has 0 fully saturated rings. The highest BCUT2D eigenvalue weighted by atomic mass is 19.1. The van der Waals surface area contributed by atoms with Gasteiger partial charge >= 0.3 is 0 Å². The predicted molar refractivity (Wildman–Crippen MR) is 90.5 cm³/mol. The molecule has 1 aromatic carbocycles. The van der Waals surface area contributed by atoms with Gasteiger partial charge in [0.15, 0.2) is 5.82 Å². The number of aromatic nitrogens is 2. The number of carbonyl (C=O) groups is 1. The molecule has 6 heteroatoms. The van der Waals surface area contributed by atoms with E-state index in [0.29, 0.717) is 11.6 Å². The minimum Gasteiger partial charge on any atom is -0.359 e. The molecule has 126 valence electrons. The third-order valence-corrected chi connectivity index (χ3v) is 3.94. The number of fused-ring (bicyclic) bond motifs is 1. The normalized spacial score (nSPS) is 11.9. The molecule has 1 amide bonds. The molecule has 2 aromatic heterocycles. The summed E-state index contributed by atoms with van der Waals surface area (Å²) in [5.74, 6) is 0.531. The van der Waals surface area contributed by atoms with Gasteiger partial charge in [-0.3, -0.25) is 4.79 Å². The highest BCUT2D eigenvalue weighted by Crippen LogP contribution is 2.26. The maximum atomic E-state index is 13.5. The van der Waals surface area contributed by atoms with Gasteiger partial charge in [-0.25, -0.2) is 4.39 Å². The SMILES string of the molecule is Cc1[nH]c2ccc(F)cc2c1CC(=O)Nc1cc(C(C)(C)C)on1. The van der Waals surface area contributed by atoms with Crippen molar-refractivity contribution >= 4 is 22.6 Å². The maximum absolute atomic E-state index is 13.5. The third-order valence-electron chi connectivity index (χ3n) is 3.94. The zero-order valence-electron chi connectivity index (χ0n) is 14.2. The van der Waals surface area contributed by atoms with Gasteiger partial charge in [0.1, 0.15) is 11.6 Å². The molecule has 0 unspecified atom stereocenters. The standard InChI is InChI=1S/C18H20FN3O2/c1-10-12(13-7-11(19)5-6-14(13)20-10)8-17(23)21-16-9-15(24-22-16)18(2,3)4/h5-7,9,20H,8H2,1-4H3,(H,21,22,23). The highest BCUT2D eigenvalue weighted by molar-refractivity contribution is 5.95. The van der Waals surface area contributed by atoms with Gasteiger partial charge in [0.05, 0.1) is 6.42 Å². The molecule has 24 heavy (non-hydrogen) atoms. The molecule has 3 aromatic rings. The number of H-pyrrole nitrogens is 1. The molecular formula is C18H20FN3O2. The number of hydrogen-bond acceptors (Lipinski definition) is 3. The van der Waals surface area contributed by atoms with Crippen LogP contribution in [-0.4, -0.2) is 16.0 Å². The van der Waals surface area contributed by atoms with E-state index in [-0.39, 0.29) is 23.6 Å². The van der Waals surface area contributed by atoms with Crippen molar-refractivity contribution in [3.8, 4) is 0 Å². The molecule has 2 heterocycles. The van der Waals surface area contributed by atoms with Gasteiger partial charge in [-0.15, -0.1) is 0 Å². The van der Waals surface area contributed by atoms with E-state index in [2.05, 4.69) is 15.5 Å². The Morgan fingerprint density at radius 1 is 1.33 bits per heavy atom. The van der Waals surface area contributed by atoms with Crippen molar-refractivity contribution in [2.75, 3.05) is 5.32 Å². The summed E-state index contributed by atoms with van der Waals surface area (Å²) in [6.45, 7) is 7.88. The van der Waals surface area contributed by atoms with Crippen LogP contribution in [0.25, 0.3) is 10.9 Å². The van der Waals surface area contributed by atoms with Crippen molar-refractivity contribution in [3.05, 3.63) is 47.1 Å². The number of aromatic amines is 1. The van der Waals surface area contributed by atoms with Crippen LogP contribution < -0.4 is 5.32 Å². The van der Waals surface area contributed by atoms with Crippen molar-refractivity contribution in [1.29, 1.82) is 0 Å². The summed E-state index contributed by atoms with van der Waals surface area (Å²) in [5, 5.41) is 7.32. The first-order valence-electron chi connectivity index (χ1n) is 7.78. The fourth-order valence-corrected chi connectivity index (χ4v) is 2.62. The van der Waals surface area contributed by atoms with Gasteiger partial charge in [-0.1, -0.05) is 25.9 Å². The Hall–Kier alpha value is -2.63. The Balaban J connectivity index is 1.79. The van der Waals surface area contributed by atoms with Crippen LogP contribution in [0.1, 0.15) is 37.8 Å². The van der Waals surface area contributed by atoms with Crippen LogP contribution in [0, 0.1) is 12.7 Å². The molecule has 0 bridgehead atoms. The number of anilines is 1. The first-order valence-corrected chi connectivity index (χ1v) is 7.78. The number of aryl methyl sites for hydroxylation is 1. The quantitative estimate of drug-likeness (QED) is 0.760. The Bertz CT molecular complexity index is 903. The number of halogens is 1. The summed E-state index contributed by atoms with van der Waals surface area (Å²) in [6.07, 6.45) is 0.132.